The highest BCUT2D eigenvalue weighted by atomic mass is 32.2. The van der Waals surface area contributed by atoms with Crippen molar-refractivity contribution in [3.8, 4) is 5.75 Å². The van der Waals surface area contributed by atoms with Crippen molar-refractivity contribution in [2.75, 3.05) is 4.72 Å². The molecule has 2 aromatic carbocycles. The zero-order chi connectivity index (χ0) is 23.8. The molecule has 0 saturated heterocycles. The summed E-state index contributed by atoms with van der Waals surface area (Å²) in [6, 6.07) is 7.69. The molecule has 0 aliphatic heterocycles. The van der Waals surface area contributed by atoms with Crippen LogP contribution in [0.3, 0.4) is 0 Å². The molecule has 172 valence electrons. The van der Waals surface area contributed by atoms with Crippen molar-refractivity contribution < 1.29 is 35.1 Å². The quantitative estimate of drug-likeness (QED) is 0.368. The summed E-state index contributed by atoms with van der Waals surface area (Å²) in [7, 11) is -4.45. The van der Waals surface area contributed by atoms with E-state index >= 15 is 0 Å². The van der Waals surface area contributed by atoms with Gasteiger partial charge in [0.1, 0.15) is 23.8 Å². The van der Waals surface area contributed by atoms with Gasteiger partial charge >= 0.3 is 6.18 Å². The summed E-state index contributed by atoms with van der Waals surface area (Å²) in [5, 5.41) is 0.714. The number of anilines is 1. The van der Waals surface area contributed by atoms with Crippen LogP contribution in [0, 0.1) is 11.6 Å². The first-order valence-electron chi connectivity index (χ1n) is 9.27. The summed E-state index contributed by atoms with van der Waals surface area (Å²) in [6.45, 7) is -0.564. The van der Waals surface area contributed by atoms with Crippen LogP contribution in [0.4, 0.5) is 27.6 Å². The van der Waals surface area contributed by atoms with Gasteiger partial charge in [0.05, 0.1) is 27.9 Å². The third kappa shape index (κ3) is 4.75. The number of nitrogens with one attached hydrogen (secondary N) is 2. The predicted octanol–water partition coefficient (Wildman–Crippen LogP) is 5.24. The molecular formula is C21H14F5N3O3S. The minimum atomic E-state index is -4.64. The van der Waals surface area contributed by atoms with Gasteiger partial charge in [-0.3, -0.25) is 4.72 Å². The van der Waals surface area contributed by atoms with E-state index in [-0.39, 0.29) is 5.75 Å². The molecule has 0 saturated carbocycles. The number of H-pyrrole nitrogens is 1. The summed E-state index contributed by atoms with van der Waals surface area (Å²) >= 11 is 0. The highest BCUT2D eigenvalue weighted by Gasteiger charge is 2.31. The number of nitrogens with zero attached hydrogens (tertiary/aromatic N) is 1. The van der Waals surface area contributed by atoms with Gasteiger partial charge in [-0.1, -0.05) is 0 Å². The largest absolute Gasteiger partial charge is 0.487 e. The molecule has 0 spiro atoms. The summed E-state index contributed by atoms with van der Waals surface area (Å²) in [6.07, 6.45) is -1.63. The average molecular weight is 483 g/mol. The number of aromatic nitrogens is 2. The lowest BCUT2D eigenvalue weighted by molar-refractivity contribution is -0.137. The maximum Gasteiger partial charge on any atom is 0.416 e. The molecule has 0 aliphatic carbocycles. The maximum absolute atomic E-state index is 14.9. The van der Waals surface area contributed by atoms with E-state index in [4.69, 9.17) is 4.74 Å². The zero-order valence-electron chi connectivity index (χ0n) is 16.5. The number of ether oxygens (including phenoxy) is 1. The molecule has 0 radical (unpaired) electrons. The second-order valence-corrected chi connectivity index (χ2v) is 8.57. The van der Waals surface area contributed by atoms with E-state index in [0.717, 1.165) is 24.3 Å². The van der Waals surface area contributed by atoms with Crippen molar-refractivity contribution in [1.29, 1.82) is 0 Å². The molecular weight excluding hydrogens is 469 g/mol. The Kier molecular flexibility index (Phi) is 5.70. The van der Waals surface area contributed by atoms with Crippen LogP contribution in [-0.4, -0.2) is 18.4 Å². The molecule has 4 rings (SSSR count). The summed E-state index contributed by atoms with van der Waals surface area (Å²) in [5.74, 6) is -1.96. The average Bonchev–Trinajstić information content (AvgIpc) is 3.23. The normalized spacial score (nSPS) is 12.2. The Morgan fingerprint density at radius 1 is 1.03 bits per heavy atom. The second kappa shape index (κ2) is 8.35. The van der Waals surface area contributed by atoms with Gasteiger partial charge in [0.2, 0.25) is 0 Å². The van der Waals surface area contributed by atoms with E-state index in [1.54, 1.807) is 18.3 Å². The number of rotatable bonds is 6. The SMILES string of the molecule is O=S(=O)(Nc1ccc(F)c(COc2cnc3[nH]ccc3c2)c1F)c1ccc(C(F)(F)F)cc1. The van der Waals surface area contributed by atoms with Crippen LogP contribution >= 0.6 is 0 Å². The minimum Gasteiger partial charge on any atom is -0.487 e. The maximum atomic E-state index is 14.9. The van der Waals surface area contributed by atoms with E-state index in [1.807, 2.05) is 4.72 Å². The van der Waals surface area contributed by atoms with Gasteiger partial charge in [0.15, 0.2) is 5.82 Å². The van der Waals surface area contributed by atoms with Gasteiger partial charge < -0.3 is 9.72 Å². The predicted molar refractivity (Wildman–Crippen MR) is 109 cm³/mol. The van der Waals surface area contributed by atoms with Crippen LogP contribution in [0.15, 0.2) is 65.8 Å². The van der Waals surface area contributed by atoms with Crippen LogP contribution in [0.2, 0.25) is 0 Å². The number of halogens is 5. The first kappa shape index (κ1) is 22.5. The molecule has 0 atom stereocenters. The fourth-order valence-corrected chi connectivity index (χ4v) is 4.05. The molecule has 0 amide bonds. The molecule has 0 aliphatic rings. The number of aromatic amines is 1. The number of hydrogen-bond donors (Lipinski definition) is 2. The Hall–Kier alpha value is -3.67. The lowest BCUT2D eigenvalue weighted by Gasteiger charge is -2.14. The number of alkyl halides is 3. The topological polar surface area (TPSA) is 84.1 Å². The molecule has 2 aromatic heterocycles. The van der Waals surface area contributed by atoms with Crippen LogP contribution < -0.4 is 9.46 Å². The van der Waals surface area contributed by atoms with Crippen molar-refractivity contribution in [2.45, 2.75) is 17.7 Å². The molecule has 0 unspecified atom stereocenters. The van der Waals surface area contributed by atoms with E-state index in [9.17, 15) is 30.4 Å². The molecule has 2 heterocycles. The van der Waals surface area contributed by atoms with Gasteiger partial charge in [-0.05, 0) is 48.5 Å². The Balaban J connectivity index is 1.55. The third-order valence-electron chi connectivity index (χ3n) is 4.68. The first-order valence-corrected chi connectivity index (χ1v) is 10.8. The number of fused-ring (bicyclic) bond motifs is 1. The van der Waals surface area contributed by atoms with Crippen molar-refractivity contribution in [3.05, 3.63) is 83.7 Å². The molecule has 0 fully saturated rings. The van der Waals surface area contributed by atoms with Crippen molar-refractivity contribution in [2.24, 2.45) is 0 Å². The lowest BCUT2D eigenvalue weighted by atomic mass is 10.2. The monoisotopic (exact) mass is 483 g/mol. The van der Waals surface area contributed by atoms with Gasteiger partial charge in [0.25, 0.3) is 10.0 Å². The Morgan fingerprint density at radius 3 is 2.45 bits per heavy atom. The Labute approximate surface area is 184 Å². The summed E-state index contributed by atoms with van der Waals surface area (Å²) < 4.78 is 99.5. The van der Waals surface area contributed by atoms with E-state index in [2.05, 4.69) is 9.97 Å². The molecule has 12 heteroatoms. The lowest BCUT2D eigenvalue weighted by Crippen LogP contribution is -2.16. The molecule has 33 heavy (non-hydrogen) atoms. The van der Waals surface area contributed by atoms with Crippen molar-refractivity contribution in [3.63, 3.8) is 0 Å². The van der Waals surface area contributed by atoms with Crippen LogP contribution in [-0.2, 0) is 22.8 Å². The van der Waals surface area contributed by atoms with Crippen molar-refractivity contribution in [1.82, 2.24) is 9.97 Å². The fourth-order valence-electron chi connectivity index (χ4n) is 2.99. The van der Waals surface area contributed by atoms with Gasteiger partial charge in [-0.25, -0.2) is 22.2 Å². The highest BCUT2D eigenvalue weighted by Crippen LogP contribution is 2.31. The summed E-state index contributed by atoms with van der Waals surface area (Å²) in [4.78, 5) is 6.45. The number of sulfonamides is 1. The van der Waals surface area contributed by atoms with Crippen molar-refractivity contribution >= 4 is 26.7 Å². The number of hydrogen-bond acceptors (Lipinski definition) is 4. The van der Waals surface area contributed by atoms with E-state index in [0.29, 0.717) is 23.2 Å². The van der Waals surface area contributed by atoms with Crippen LogP contribution in [0.5, 0.6) is 5.75 Å². The Bertz CT molecular complexity index is 1420. The van der Waals surface area contributed by atoms with Gasteiger partial charge in [0, 0.05) is 11.6 Å². The second-order valence-electron chi connectivity index (χ2n) is 6.89. The minimum absolute atomic E-state index is 0.233. The molecule has 4 aromatic rings. The smallest absolute Gasteiger partial charge is 0.416 e. The van der Waals surface area contributed by atoms with Crippen LogP contribution in [0.1, 0.15) is 11.1 Å². The molecule has 6 nitrogen and oxygen atoms in total. The van der Waals surface area contributed by atoms with Gasteiger partial charge in [-0.2, -0.15) is 13.2 Å². The number of benzene rings is 2. The number of pyridine rings is 1. The van der Waals surface area contributed by atoms with E-state index in [1.165, 1.54) is 6.20 Å². The third-order valence-corrected chi connectivity index (χ3v) is 6.06. The standard InChI is InChI=1S/C21H14F5N3O3S/c22-17-5-6-18(29-33(30,31)15-3-1-13(2-4-15)21(24,25)26)19(23)16(17)11-32-14-9-12-7-8-27-20(12)28-10-14/h1-10,29H,11H2,(H,27,28). The molecule has 0 bridgehead atoms. The van der Waals surface area contributed by atoms with E-state index < -0.39 is 56.2 Å². The molecule has 2 N–H and O–H groups in total. The zero-order valence-corrected chi connectivity index (χ0v) is 17.3. The Morgan fingerprint density at radius 2 is 1.76 bits per heavy atom. The van der Waals surface area contributed by atoms with Crippen LogP contribution in [0.25, 0.3) is 11.0 Å². The highest BCUT2D eigenvalue weighted by molar-refractivity contribution is 7.92. The summed E-state index contributed by atoms with van der Waals surface area (Å²) in [5.41, 5.74) is -1.58. The van der Waals surface area contributed by atoms with Gasteiger partial charge in [-0.15, -0.1) is 0 Å². The first-order chi connectivity index (χ1) is 15.5. The fraction of sp³-hybridized carbons (Fsp3) is 0.0952.